The van der Waals surface area contributed by atoms with Gasteiger partial charge in [-0.3, -0.25) is 4.90 Å². The standard InChI is InChI=1S/C18H30N2O2/c1-14(2)18(13-22-3)19-10-17(21)12-20-9-8-15-6-4-5-7-16(15)11-20/h4-7,14,17-19,21H,8-13H2,1-3H3. The molecule has 1 aliphatic heterocycles. The van der Waals surface area contributed by atoms with Crippen LogP contribution in [0.4, 0.5) is 0 Å². The largest absolute Gasteiger partial charge is 0.390 e. The Kier molecular flexibility index (Phi) is 6.83. The second-order valence-corrected chi connectivity index (χ2v) is 6.62. The molecule has 4 nitrogen and oxygen atoms in total. The Labute approximate surface area is 134 Å². The summed E-state index contributed by atoms with van der Waals surface area (Å²) in [5.74, 6) is 0.494. The number of β-amino-alcohol motifs (C(OH)–C–C–N with tert-alkyl or cyclic N) is 1. The number of nitrogens with one attached hydrogen (secondary N) is 1. The number of hydrogen-bond acceptors (Lipinski definition) is 4. The molecule has 2 atom stereocenters. The molecule has 4 heteroatoms. The third-order valence-corrected chi connectivity index (χ3v) is 4.45. The Morgan fingerprint density at radius 3 is 2.68 bits per heavy atom. The average Bonchev–Trinajstić information content (AvgIpc) is 2.51. The Morgan fingerprint density at radius 2 is 2.00 bits per heavy atom. The van der Waals surface area contributed by atoms with Gasteiger partial charge in [0.15, 0.2) is 0 Å². The molecule has 22 heavy (non-hydrogen) atoms. The van der Waals surface area contributed by atoms with Crippen LogP contribution >= 0.6 is 0 Å². The molecule has 2 rings (SSSR count). The van der Waals surface area contributed by atoms with Crippen molar-refractivity contribution in [2.45, 2.75) is 39.0 Å². The maximum atomic E-state index is 10.3. The topological polar surface area (TPSA) is 44.7 Å². The van der Waals surface area contributed by atoms with E-state index in [1.54, 1.807) is 7.11 Å². The monoisotopic (exact) mass is 306 g/mol. The van der Waals surface area contributed by atoms with Gasteiger partial charge < -0.3 is 15.2 Å². The van der Waals surface area contributed by atoms with Gasteiger partial charge in [0.05, 0.1) is 12.7 Å². The van der Waals surface area contributed by atoms with Gasteiger partial charge in [-0.05, 0) is 23.5 Å². The minimum Gasteiger partial charge on any atom is -0.390 e. The molecule has 2 N–H and O–H groups in total. The average molecular weight is 306 g/mol. The molecule has 0 aliphatic carbocycles. The third-order valence-electron chi connectivity index (χ3n) is 4.45. The van der Waals surface area contributed by atoms with Crippen molar-refractivity contribution in [2.75, 3.05) is 33.4 Å². The van der Waals surface area contributed by atoms with E-state index in [1.807, 2.05) is 0 Å². The molecule has 0 radical (unpaired) electrons. The van der Waals surface area contributed by atoms with Crippen LogP contribution in [0.25, 0.3) is 0 Å². The zero-order chi connectivity index (χ0) is 15.9. The molecule has 0 saturated carbocycles. The van der Waals surface area contributed by atoms with Gasteiger partial charge in [-0.1, -0.05) is 38.1 Å². The number of methoxy groups -OCH3 is 1. The van der Waals surface area contributed by atoms with Crippen LogP contribution in [0.1, 0.15) is 25.0 Å². The van der Waals surface area contributed by atoms with Gasteiger partial charge in [-0.2, -0.15) is 0 Å². The van der Waals surface area contributed by atoms with Gasteiger partial charge in [0.2, 0.25) is 0 Å². The number of ether oxygens (including phenoxy) is 1. The maximum absolute atomic E-state index is 10.3. The summed E-state index contributed by atoms with van der Waals surface area (Å²) in [5, 5.41) is 13.7. The molecule has 0 aromatic heterocycles. The maximum Gasteiger partial charge on any atom is 0.0791 e. The van der Waals surface area contributed by atoms with Crippen LogP contribution in [-0.4, -0.2) is 55.5 Å². The van der Waals surface area contributed by atoms with Crippen LogP contribution in [0, 0.1) is 5.92 Å². The minimum atomic E-state index is -0.344. The van der Waals surface area contributed by atoms with Crippen molar-refractivity contribution in [1.29, 1.82) is 0 Å². The number of aliphatic hydroxyl groups is 1. The van der Waals surface area contributed by atoms with Crippen molar-refractivity contribution in [3.8, 4) is 0 Å². The lowest BCUT2D eigenvalue weighted by Gasteiger charge is -2.31. The highest BCUT2D eigenvalue weighted by Crippen LogP contribution is 2.18. The van der Waals surface area contributed by atoms with Crippen molar-refractivity contribution >= 4 is 0 Å². The number of rotatable bonds is 8. The number of hydrogen-bond donors (Lipinski definition) is 2. The van der Waals surface area contributed by atoms with E-state index < -0.39 is 0 Å². The zero-order valence-electron chi connectivity index (χ0n) is 14.1. The second kappa shape index (κ2) is 8.63. The smallest absolute Gasteiger partial charge is 0.0791 e. The summed E-state index contributed by atoms with van der Waals surface area (Å²) in [7, 11) is 1.72. The fourth-order valence-electron chi connectivity index (χ4n) is 3.03. The SMILES string of the molecule is COCC(NCC(O)CN1CCc2ccccc2C1)C(C)C. The van der Waals surface area contributed by atoms with E-state index in [2.05, 4.69) is 48.3 Å². The Bertz CT molecular complexity index is 450. The summed E-state index contributed by atoms with van der Waals surface area (Å²) in [6, 6.07) is 8.90. The predicted molar refractivity (Wildman–Crippen MR) is 89.9 cm³/mol. The molecule has 1 aromatic carbocycles. The fraction of sp³-hybridized carbons (Fsp3) is 0.667. The number of nitrogens with zero attached hydrogens (tertiary/aromatic N) is 1. The molecule has 0 saturated heterocycles. The molecule has 2 unspecified atom stereocenters. The van der Waals surface area contributed by atoms with Gasteiger partial charge in [-0.25, -0.2) is 0 Å². The number of aliphatic hydroxyl groups excluding tert-OH is 1. The summed E-state index contributed by atoms with van der Waals surface area (Å²) in [6.45, 7) is 8.33. The van der Waals surface area contributed by atoms with Gasteiger partial charge in [0, 0.05) is 39.3 Å². The lowest BCUT2D eigenvalue weighted by Crippen LogP contribution is -2.45. The summed E-state index contributed by atoms with van der Waals surface area (Å²) in [5.41, 5.74) is 2.85. The molecule has 1 aromatic rings. The summed E-state index contributed by atoms with van der Waals surface area (Å²) >= 11 is 0. The first-order valence-electron chi connectivity index (χ1n) is 8.29. The Morgan fingerprint density at radius 1 is 1.27 bits per heavy atom. The lowest BCUT2D eigenvalue weighted by molar-refractivity contribution is 0.0897. The van der Waals surface area contributed by atoms with Crippen LogP contribution in [0.5, 0.6) is 0 Å². The predicted octanol–water partition coefficient (Wildman–Crippen LogP) is 1.67. The van der Waals surface area contributed by atoms with Crippen molar-refractivity contribution in [2.24, 2.45) is 5.92 Å². The zero-order valence-corrected chi connectivity index (χ0v) is 14.1. The van der Waals surface area contributed by atoms with Crippen LogP contribution in [0.3, 0.4) is 0 Å². The summed E-state index contributed by atoms with van der Waals surface area (Å²) in [6.07, 6.45) is 0.734. The summed E-state index contributed by atoms with van der Waals surface area (Å²) in [4.78, 5) is 2.34. The normalized spacial score (nSPS) is 18.2. The van der Waals surface area contributed by atoms with Crippen molar-refractivity contribution in [3.63, 3.8) is 0 Å². The van der Waals surface area contributed by atoms with E-state index in [-0.39, 0.29) is 6.10 Å². The van der Waals surface area contributed by atoms with Crippen molar-refractivity contribution < 1.29 is 9.84 Å². The van der Waals surface area contributed by atoms with Gasteiger partial charge in [-0.15, -0.1) is 0 Å². The quantitative estimate of drug-likeness (QED) is 0.767. The molecule has 1 heterocycles. The first kappa shape index (κ1) is 17.4. The highest BCUT2D eigenvalue weighted by Gasteiger charge is 2.19. The molecule has 0 bridgehead atoms. The van der Waals surface area contributed by atoms with Crippen LogP contribution < -0.4 is 5.32 Å². The van der Waals surface area contributed by atoms with E-state index in [1.165, 1.54) is 11.1 Å². The first-order chi connectivity index (χ1) is 10.6. The molecule has 0 spiro atoms. The Hall–Kier alpha value is -0.940. The van der Waals surface area contributed by atoms with Crippen LogP contribution in [0.15, 0.2) is 24.3 Å². The van der Waals surface area contributed by atoms with E-state index in [0.717, 1.165) is 26.1 Å². The molecule has 0 amide bonds. The molecule has 124 valence electrons. The molecule has 0 fully saturated rings. The van der Waals surface area contributed by atoms with E-state index in [0.29, 0.717) is 25.1 Å². The fourth-order valence-corrected chi connectivity index (χ4v) is 3.03. The van der Waals surface area contributed by atoms with Crippen molar-refractivity contribution in [3.05, 3.63) is 35.4 Å². The number of benzene rings is 1. The van der Waals surface area contributed by atoms with E-state index in [4.69, 9.17) is 4.74 Å². The van der Waals surface area contributed by atoms with E-state index in [9.17, 15) is 5.11 Å². The summed E-state index contributed by atoms with van der Waals surface area (Å²) < 4.78 is 5.23. The molecular weight excluding hydrogens is 276 g/mol. The highest BCUT2D eigenvalue weighted by molar-refractivity contribution is 5.29. The van der Waals surface area contributed by atoms with Crippen LogP contribution in [0.2, 0.25) is 0 Å². The van der Waals surface area contributed by atoms with E-state index >= 15 is 0 Å². The van der Waals surface area contributed by atoms with Gasteiger partial charge >= 0.3 is 0 Å². The van der Waals surface area contributed by atoms with Gasteiger partial charge in [0.1, 0.15) is 0 Å². The Balaban J connectivity index is 1.77. The van der Waals surface area contributed by atoms with Crippen molar-refractivity contribution in [1.82, 2.24) is 10.2 Å². The lowest BCUT2D eigenvalue weighted by atomic mass is 9.99. The second-order valence-electron chi connectivity index (χ2n) is 6.62. The highest BCUT2D eigenvalue weighted by atomic mass is 16.5. The minimum absolute atomic E-state index is 0.293. The number of fused-ring (bicyclic) bond motifs is 1. The first-order valence-corrected chi connectivity index (χ1v) is 8.29. The van der Waals surface area contributed by atoms with Gasteiger partial charge in [0.25, 0.3) is 0 Å². The van der Waals surface area contributed by atoms with Crippen LogP contribution in [-0.2, 0) is 17.7 Å². The molecular formula is C18H30N2O2. The molecule has 1 aliphatic rings. The third kappa shape index (κ3) is 5.06.